The maximum atomic E-state index is 6.18. The van der Waals surface area contributed by atoms with Crippen LogP contribution in [0.2, 0.25) is 0 Å². The zero-order valence-corrected chi connectivity index (χ0v) is 23.5. The Labute approximate surface area is 249 Å². The van der Waals surface area contributed by atoms with Crippen molar-refractivity contribution in [1.82, 2.24) is 4.98 Å². The maximum absolute atomic E-state index is 6.18. The molecule has 0 unspecified atom stereocenters. The Morgan fingerprint density at radius 1 is 0.465 bits per heavy atom. The minimum absolute atomic E-state index is 0.918. The van der Waals surface area contributed by atoms with E-state index in [0.717, 1.165) is 33.9 Å². The molecule has 0 amide bonds. The number of nitrogens with one attached hydrogen (secondary N) is 1. The molecule has 2 heterocycles. The zero-order chi connectivity index (χ0) is 28.3. The molecule has 1 aliphatic rings. The van der Waals surface area contributed by atoms with Gasteiger partial charge in [-0.1, -0.05) is 103 Å². The van der Waals surface area contributed by atoms with Crippen molar-refractivity contribution in [2.75, 3.05) is 0 Å². The molecule has 202 valence electrons. The molecule has 0 saturated heterocycles. The van der Waals surface area contributed by atoms with Gasteiger partial charge < -0.3 is 9.40 Å². The zero-order valence-electron chi connectivity index (χ0n) is 23.5. The third-order valence-electron chi connectivity index (χ3n) is 8.79. The maximum Gasteiger partial charge on any atom is 0.136 e. The van der Waals surface area contributed by atoms with Crippen LogP contribution in [0.5, 0.6) is 0 Å². The SMILES string of the molecule is C1=Cc2cc3[nH]c4c(-c5cccc(-c6cccc(-c7ccc8c(c7)oc7ccccc78)c6)c5)cccc4c3cc2C=CC1. The molecule has 2 heteroatoms. The number of aromatic amines is 1. The highest BCUT2D eigenvalue weighted by Crippen LogP contribution is 2.38. The van der Waals surface area contributed by atoms with Crippen molar-refractivity contribution in [3.63, 3.8) is 0 Å². The van der Waals surface area contributed by atoms with Crippen molar-refractivity contribution in [3.8, 4) is 33.4 Å². The lowest BCUT2D eigenvalue weighted by Gasteiger charge is -2.09. The summed E-state index contributed by atoms with van der Waals surface area (Å²) in [5.74, 6) is 0. The van der Waals surface area contributed by atoms with Crippen molar-refractivity contribution < 1.29 is 4.42 Å². The van der Waals surface area contributed by atoms with Crippen LogP contribution in [0, 0.1) is 0 Å². The highest BCUT2D eigenvalue weighted by Gasteiger charge is 2.13. The van der Waals surface area contributed by atoms with Crippen molar-refractivity contribution in [2.24, 2.45) is 0 Å². The Hall–Kier alpha value is -5.60. The lowest BCUT2D eigenvalue weighted by molar-refractivity contribution is 0.669. The van der Waals surface area contributed by atoms with Gasteiger partial charge in [0.05, 0.1) is 5.52 Å². The molecule has 6 aromatic carbocycles. The molecule has 0 saturated carbocycles. The average Bonchev–Trinajstić information content (AvgIpc) is 3.52. The summed E-state index contributed by atoms with van der Waals surface area (Å²) in [6.45, 7) is 0. The predicted molar refractivity (Wildman–Crippen MR) is 182 cm³/mol. The van der Waals surface area contributed by atoms with E-state index in [0.29, 0.717) is 0 Å². The summed E-state index contributed by atoms with van der Waals surface area (Å²) in [6.07, 6.45) is 9.90. The van der Waals surface area contributed by atoms with Crippen molar-refractivity contribution in [2.45, 2.75) is 6.42 Å². The highest BCUT2D eigenvalue weighted by atomic mass is 16.3. The number of para-hydroxylation sites is 2. The summed E-state index contributed by atoms with van der Waals surface area (Å²) < 4.78 is 6.18. The summed E-state index contributed by atoms with van der Waals surface area (Å²) in [7, 11) is 0. The molecule has 43 heavy (non-hydrogen) atoms. The molecule has 1 aliphatic carbocycles. The van der Waals surface area contributed by atoms with Crippen LogP contribution in [0.4, 0.5) is 0 Å². The smallest absolute Gasteiger partial charge is 0.136 e. The first-order valence-electron chi connectivity index (χ1n) is 14.8. The number of H-pyrrole nitrogens is 1. The van der Waals surface area contributed by atoms with Gasteiger partial charge in [-0.2, -0.15) is 0 Å². The molecule has 1 N–H and O–H groups in total. The number of fused-ring (bicyclic) bond motifs is 7. The summed E-state index contributed by atoms with van der Waals surface area (Å²) in [5, 5.41) is 4.83. The minimum Gasteiger partial charge on any atom is -0.456 e. The summed E-state index contributed by atoms with van der Waals surface area (Å²) in [5.41, 5.74) is 13.8. The Morgan fingerprint density at radius 2 is 1.12 bits per heavy atom. The van der Waals surface area contributed by atoms with Crippen LogP contribution in [0.25, 0.3) is 89.3 Å². The fraction of sp³-hybridized carbons (Fsp3) is 0.0244. The second-order valence-corrected chi connectivity index (χ2v) is 11.4. The molecular weight excluding hydrogens is 522 g/mol. The monoisotopic (exact) mass is 549 g/mol. The van der Waals surface area contributed by atoms with Gasteiger partial charge in [0.15, 0.2) is 0 Å². The molecule has 8 aromatic rings. The normalized spacial score (nSPS) is 12.8. The molecule has 2 nitrogen and oxygen atoms in total. The van der Waals surface area contributed by atoms with Gasteiger partial charge in [0, 0.05) is 32.6 Å². The largest absolute Gasteiger partial charge is 0.456 e. The van der Waals surface area contributed by atoms with E-state index in [4.69, 9.17) is 4.42 Å². The Bertz CT molecular complexity index is 2430. The number of allylic oxidation sites excluding steroid dienone is 2. The molecule has 0 spiro atoms. The van der Waals surface area contributed by atoms with Gasteiger partial charge in [0.2, 0.25) is 0 Å². The number of furan rings is 1. The van der Waals surface area contributed by atoms with Crippen LogP contribution in [0.15, 0.2) is 138 Å². The number of rotatable bonds is 3. The second kappa shape index (κ2) is 9.47. The lowest BCUT2D eigenvalue weighted by Crippen LogP contribution is -1.84. The standard InChI is InChI=1S/C41H27NO/c1-2-9-29-23-37-36-17-8-16-33(41(36)42-38(37)24-30(29)10-3-1)32-14-7-13-28(22-32)26-11-6-12-27(21-26)31-19-20-35-34-15-4-5-18-39(34)43-40(35)25-31/h2-25,42H,1H2. The number of aromatic nitrogens is 1. The molecule has 0 fully saturated rings. The van der Waals surface area contributed by atoms with Gasteiger partial charge in [-0.25, -0.2) is 0 Å². The lowest BCUT2D eigenvalue weighted by atomic mass is 9.95. The first kappa shape index (κ1) is 24.0. The van der Waals surface area contributed by atoms with Gasteiger partial charge in [-0.05, 0) is 87.8 Å². The molecule has 0 bridgehead atoms. The highest BCUT2D eigenvalue weighted by molar-refractivity contribution is 6.13. The second-order valence-electron chi connectivity index (χ2n) is 11.4. The fourth-order valence-corrected chi connectivity index (χ4v) is 6.65. The topological polar surface area (TPSA) is 28.9 Å². The first-order chi connectivity index (χ1) is 21.3. The third-order valence-corrected chi connectivity index (χ3v) is 8.79. The van der Waals surface area contributed by atoms with E-state index in [1.165, 1.54) is 60.8 Å². The van der Waals surface area contributed by atoms with Gasteiger partial charge in [0.1, 0.15) is 11.2 Å². The van der Waals surface area contributed by atoms with E-state index in [1.807, 2.05) is 12.1 Å². The van der Waals surface area contributed by atoms with Crippen LogP contribution in [0.3, 0.4) is 0 Å². The Balaban J connectivity index is 1.12. The van der Waals surface area contributed by atoms with Crippen LogP contribution in [-0.2, 0) is 0 Å². The third kappa shape index (κ3) is 3.95. The molecule has 2 aromatic heterocycles. The van der Waals surface area contributed by atoms with E-state index in [1.54, 1.807) is 0 Å². The molecular formula is C41H27NO. The van der Waals surface area contributed by atoms with Crippen LogP contribution in [-0.4, -0.2) is 4.98 Å². The molecule has 0 aliphatic heterocycles. The van der Waals surface area contributed by atoms with Crippen LogP contribution in [0.1, 0.15) is 17.5 Å². The first-order valence-corrected chi connectivity index (χ1v) is 14.8. The summed E-state index contributed by atoms with van der Waals surface area (Å²) in [4.78, 5) is 3.76. The minimum atomic E-state index is 0.918. The van der Waals surface area contributed by atoms with E-state index < -0.39 is 0 Å². The van der Waals surface area contributed by atoms with E-state index in [2.05, 4.69) is 138 Å². The van der Waals surface area contributed by atoms with E-state index >= 15 is 0 Å². The Morgan fingerprint density at radius 3 is 1.95 bits per heavy atom. The summed E-state index contributed by atoms with van der Waals surface area (Å²) >= 11 is 0. The predicted octanol–water partition coefficient (Wildman–Crippen LogP) is 11.7. The molecule has 0 atom stereocenters. The fourth-order valence-electron chi connectivity index (χ4n) is 6.65. The van der Waals surface area contributed by atoms with Crippen molar-refractivity contribution in [1.29, 1.82) is 0 Å². The van der Waals surface area contributed by atoms with Crippen molar-refractivity contribution in [3.05, 3.63) is 145 Å². The van der Waals surface area contributed by atoms with Gasteiger partial charge >= 0.3 is 0 Å². The van der Waals surface area contributed by atoms with E-state index in [-0.39, 0.29) is 0 Å². The van der Waals surface area contributed by atoms with Gasteiger partial charge in [0.25, 0.3) is 0 Å². The summed E-state index contributed by atoms with van der Waals surface area (Å²) in [6, 6.07) is 43.7. The van der Waals surface area contributed by atoms with Gasteiger partial charge in [-0.3, -0.25) is 0 Å². The number of hydrogen-bond donors (Lipinski definition) is 1. The van der Waals surface area contributed by atoms with Gasteiger partial charge in [-0.15, -0.1) is 0 Å². The average molecular weight is 550 g/mol. The van der Waals surface area contributed by atoms with Crippen LogP contribution < -0.4 is 0 Å². The van der Waals surface area contributed by atoms with Crippen LogP contribution >= 0.6 is 0 Å². The Kier molecular flexibility index (Phi) is 5.30. The number of benzene rings is 6. The molecule has 9 rings (SSSR count). The van der Waals surface area contributed by atoms with Crippen molar-refractivity contribution >= 4 is 55.9 Å². The van der Waals surface area contributed by atoms with E-state index in [9.17, 15) is 0 Å². The quantitative estimate of drug-likeness (QED) is 0.233. The number of hydrogen-bond acceptors (Lipinski definition) is 1. The molecule has 0 radical (unpaired) electrons.